The number of benzene rings is 1. The summed E-state index contributed by atoms with van der Waals surface area (Å²) < 4.78 is 11.2. The van der Waals surface area contributed by atoms with E-state index in [0.717, 1.165) is 36.3 Å². The SMILES string of the molecule is COCC1(C(N)=O)CCCN1CCOc1c(C)cccc1C. The van der Waals surface area contributed by atoms with E-state index in [1.54, 1.807) is 7.11 Å². The molecule has 2 rings (SSSR count). The lowest BCUT2D eigenvalue weighted by molar-refractivity contribution is -0.132. The summed E-state index contributed by atoms with van der Waals surface area (Å²) in [6.45, 7) is 6.46. The molecule has 1 fully saturated rings. The maximum absolute atomic E-state index is 11.9. The van der Waals surface area contributed by atoms with Crippen LogP contribution >= 0.6 is 0 Å². The lowest BCUT2D eigenvalue weighted by atomic mass is 9.96. The molecular formula is C17H26N2O3. The zero-order valence-electron chi connectivity index (χ0n) is 13.7. The van der Waals surface area contributed by atoms with Crippen molar-refractivity contribution >= 4 is 5.91 Å². The number of carbonyl (C=O) groups is 1. The first-order chi connectivity index (χ1) is 10.5. The molecule has 1 heterocycles. The first kappa shape index (κ1) is 16.8. The van der Waals surface area contributed by atoms with Crippen LogP contribution in [-0.4, -0.2) is 49.8 Å². The molecule has 1 aliphatic rings. The van der Waals surface area contributed by atoms with Crippen molar-refractivity contribution < 1.29 is 14.3 Å². The summed E-state index contributed by atoms with van der Waals surface area (Å²) in [5, 5.41) is 0. The molecular weight excluding hydrogens is 280 g/mol. The summed E-state index contributed by atoms with van der Waals surface area (Å²) >= 11 is 0. The minimum absolute atomic E-state index is 0.307. The van der Waals surface area contributed by atoms with Gasteiger partial charge in [0.15, 0.2) is 0 Å². The molecule has 1 unspecified atom stereocenters. The number of primary amides is 1. The Kier molecular flexibility index (Phi) is 5.42. The molecule has 0 saturated carbocycles. The zero-order valence-corrected chi connectivity index (χ0v) is 13.7. The molecule has 1 saturated heterocycles. The van der Waals surface area contributed by atoms with Gasteiger partial charge in [0.2, 0.25) is 5.91 Å². The van der Waals surface area contributed by atoms with Crippen LogP contribution in [0, 0.1) is 13.8 Å². The molecule has 122 valence electrons. The average Bonchev–Trinajstić information content (AvgIpc) is 2.87. The summed E-state index contributed by atoms with van der Waals surface area (Å²) in [6.07, 6.45) is 1.70. The van der Waals surface area contributed by atoms with Gasteiger partial charge in [-0.05, 0) is 44.4 Å². The molecule has 0 radical (unpaired) electrons. The first-order valence-electron chi connectivity index (χ1n) is 7.74. The number of ether oxygens (including phenoxy) is 2. The number of nitrogens with two attached hydrogens (primary N) is 1. The van der Waals surface area contributed by atoms with Crippen molar-refractivity contribution in [2.24, 2.45) is 5.73 Å². The van der Waals surface area contributed by atoms with E-state index in [1.165, 1.54) is 0 Å². The molecule has 1 aliphatic heterocycles. The Hall–Kier alpha value is -1.59. The molecule has 1 aromatic rings. The minimum atomic E-state index is -0.682. The molecule has 0 aliphatic carbocycles. The van der Waals surface area contributed by atoms with Gasteiger partial charge in [-0.15, -0.1) is 0 Å². The van der Waals surface area contributed by atoms with Crippen LogP contribution in [0.3, 0.4) is 0 Å². The average molecular weight is 306 g/mol. The van der Waals surface area contributed by atoms with Crippen molar-refractivity contribution in [3.8, 4) is 5.75 Å². The smallest absolute Gasteiger partial charge is 0.240 e. The fourth-order valence-electron chi connectivity index (χ4n) is 3.30. The predicted octanol–water partition coefficient (Wildman–Crippen LogP) is 1.65. The molecule has 22 heavy (non-hydrogen) atoms. The maximum Gasteiger partial charge on any atom is 0.240 e. The Labute approximate surface area is 132 Å². The van der Waals surface area contributed by atoms with Crippen LogP contribution in [0.5, 0.6) is 5.75 Å². The van der Waals surface area contributed by atoms with Gasteiger partial charge in [0, 0.05) is 13.7 Å². The first-order valence-corrected chi connectivity index (χ1v) is 7.74. The molecule has 1 atom stereocenters. The van der Waals surface area contributed by atoms with Crippen LogP contribution < -0.4 is 10.5 Å². The van der Waals surface area contributed by atoms with Gasteiger partial charge in [0.05, 0.1) is 6.61 Å². The highest BCUT2D eigenvalue weighted by atomic mass is 16.5. The van der Waals surface area contributed by atoms with Crippen LogP contribution in [0.2, 0.25) is 0 Å². The Bertz CT molecular complexity index is 512. The highest BCUT2D eigenvalue weighted by Crippen LogP contribution is 2.29. The van der Waals surface area contributed by atoms with Crippen molar-refractivity contribution in [2.45, 2.75) is 32.2 Å². The van der Waals surface area contributed by atoms with Gasteiger partial charge in [-0.3, -0.25) is 9.69 Å². The fraction of sp³-hybridized carbons (Fsp3) is 0.588. The Morgan fingerprint density at radius 1 is 1.36 bits per heavy atom. The fourth-order valence-corrected chi connectivity index (χ4v) is 3.30. The summed E-state index contributed by atoms with van der Waals surface area (Å²) in [4.78, 5) is 14.0. The Balaban J connectivity index is 2.00. The van der Waals surface area contributed by atoms with E-state index >= 15 is 0 Å². The van der Waals surface area contributed by atoms with Gasteiger partial charge in [-0.25, -0.2) is 0 Å². The second kappa shape index (κ2) is 7.11. The lowest BCUT2D eigenvalue weighted by Gasteiger charge is -2.35. The number of hydrogen-bond donors (Lipinski definition) is 1. The summed E-state index contributed by atoms with van der Waals surface area (Å²) in [7, 11) is 1.61. The van der Waals surface area contributed by atoms with E-state index in [9.17, 15) is 4.79 Å². The van der Waals surface area contributed by atoms with E-state index in [0.29, 0.717) is 19.8 Å². The number of rotatable bonds is 7. The van der Waals surface area contributed by atoms with Gasteiger partial charge < -0.3 is 15.2 Å². The van der Waals surface area contributed by atoms with Gasteiger partial charge in [0.25, 0.3) is 0 Å². The summed E-state index contributed by atoms with van der Waals surface area (Å²) in [5.41, 5.74) is 7.21. The monoisotopic (exact) mass is 306 g/mol. The van der Waals surface area contributed by atoms with E-state index in [4.69, 9.17) is 15.2 Å². The number of likely N-dealkylation sites (tertiary alicyclic amines) is 1. The standard InChI is InChI=1S/C17H26N2O3/c1-13-6-4-7-14(2)15(13)22-11-10-19-9-5-8-17(19,12-21-3)16(18)20/h4,6-7H,5,8-12H2,1-3H3,(H2,18,20). The van der Waals surface area contributed by atoms with Crippen molar-refractivity contribution in [1.29, 1.82) is 0 Å². The summed E-state index contributed by atoms with van der Waals surface area (Å²) in [6, 6.07) is 6.10. The molecule has 5 nitrogen and oxygen atoms in total. The van der Waals surface area contributed by atoms with Crippen LogP contribution in [0.15, 0.2) is 18.2 Å². The highest BCUT2D eigenvalue weighted by Gasteiger charge is 2.46. The number of hydrogen-bond acceptors (Lipinski definition) is 4. The number of aryl methyl sites for hydroxylation is 2. The number of methoxy groups -OCH3 is 1. The highest BCUT2D eigenvalue weighted by molar-refractivity contribution is 5.85. The second-order valence-electron chi connectivity index (χ2n) is 5.99. The molecule has 1 amide bonds. The van der Waals surface area contributed by atoms with Gasteiger partial charge in [0.1, 0.15) is 17.9 Å². The normalized spacial score (nSPS) is 22.0. The third-order valence-corrected chi connectivity index (χ3v) is 4.48. The van der Waals surface area contributed by atoms with Gasteiger partial charge in [-0.1, -0.05) is 18.2 Å². The number of para-hydroxylation sites is 1. The number of carbonyl (C=O) groups excluding carboxylic acids is 1. The van der Waals surface area contributed by atoms with Crippen molar-refractivity contribution in [2.75, 3.05) is 33.4 Å². The maximum atomic E-state index is 11.9. The van der Waals surface area contributed by atoms with Gasteiger partial charge in [-0.2, -0.15) is 0 Å². The van der Waals surface area contributed by atoms with Crippen LogP contribution in [0.25, 0.3) is 0 Å². The largest absolute Gasteiger partial charge is 0.492 e. The molecule has 1 aromatic carbocycles. The number of nitrogens with zero attached hydrogens (tertiary/aromatic N) is 1. The van der Waals surface area contributed by atoms with Crippen molar-refractivity contribution in [1.82, 2.24) is 4.90 Å². The Morgan fingerprint density at radius 2 is 2.05 bits per heavy atom. The second-order valence-corrected chi connectivity index (χ2v) is 5.99. The molecule has 0 spiro atoms. The zero-order chi connectivity index (χ0) is 16.2. The van der Waals surface area contributed by atoms with Crippen LogP contribution in [-0.2, 0) is 9.53 Å². The molecule has 0 aromatic heterocycles. The lowest BCUT2D eigenvalue weighted by Crippen LogP contribution is -2.57. The molecule has 2 N–H and O–H groups in total. The number of amides is 1. The molecule has 5 heteroatoms. The Morgan fingerprint density at radius 3 is 2.64 bits per heavy atom. The van der Waals surface area contributed by atoms with Gasteiger partial charge >= 0.3 is 0 Å². The van der Waals surface area contributed by atoms with Crippen LogP contribution in [0.1, 0.15) is 24.0 Å². The van der Waals surface area contributed by atoms with E-state index in [-0.39, 0.29) is 5.91 Å². The third-order valence-electron chi connectivity index (χ3n) is 4.48. The van der Waals surface area contributed by atoms with E-state index < -0.39 is 5.54 Å². The molecule has 0 bridgehead atoms. The van der Waals surface area contributed by atoms with E-state index in [1.807, 2.05) is 32.0 Å². The minimum Gasteiger partial charge on any atom is -0.492 e. The summed E-state index contributed by atoms with van der Waals surface area (Å²) in [5.74, 6) is 0.622. The quantitative estimate of drug-likeness (QED) is 0.832. The van der Waals surface area contributed by atoms with Crippen molar-refractivity contribution in [3.05, 3.63) is 29.3 Å². The van der Waals surface area contributed by atoms with Crippen LogP contribution in [0.4, 0.5) is 0 Å². The predicted molar refractivity (Wildman–Crippen MR) is 86.0 cm³/mol. The topological polar surface area (TPSA) is 64.8 Å². The van der Waals surface area contributed by atoms with E-state index in [2.05, 4.69) is 4.90 Å². The van der Waals surface area contributed by atoms with Crippen molar-refractivity contribution in [3.63, 3.8) is 0 Å². The third kappa shape index (κ3) is 3.25.